The van der Waals surface area contributed by atoms with Gasteiger partial charge < -0.3 is 29.8 Å². The van der Waals surface area contributed by atoms with Gasteiger partial charge in [-0.1, -0.05) is 18.2 Å². The van der Waals surface area contributed by atoms with Gasteiger partial charge in [0, 0.05) is 31.8 Å². The van der Waals surface area contributed by atoms with Crippen LogP contribution in [-0.4, -0.2) is 55.6 Å². The zero-order valence-electron chi connectivity index (χ0n) is 19.5. The van der Waals surface area contributed by atoms with E-state index in [1.54, 1.807) is 0 Å². The topological polar surface area (TPSA) is 170 Å². The molecular formula is C22H30N3O8P2+. The van der Waals surface area contributed by atoms with Crippen LogP contribution in [0.4, 0.5) is 0 Å². The van der Waals surface area contributed by atoms with Crippen molar-refractivity contribution in [3.63, 3.8) is 0 Å². The van der Waals surface area contributed by atoms with Crippen LogP contribution in [0.25, 0.3) is 22.1 Å². The number of para-hydroxylation sites is 3. The van der Waals surface area contributed by atoms with Crippen LogP contribution in [0.2, 0.25) is 0 Å². The Hall–Kier alpha value is -2.39. The smallest absolute Gasteiger partial charge is 0.366 e. The highest BCUT2D eigenvalue weighted by Gasteiger charge is 2.56. The van der Waals surface area contributed by atoms with Gasteiger partial charge in [0.25, 0.3) is 0 Å². The number of carbonyl (C=O) groups excluding carboxylic acids is 1. The molecular weight excluding hydrogens is 496 g/mol. The molecule has 0 radical (unpaired) electrons. The first-order chi connectivity index (χ1) is 16.3. The van der Waals surface area contributed by atoms with Gasteiger partial charge in [0.05, 0.1) is 6.61 Å². The molecule has 13 heteroatoms. The number of nitrogens with one attached hydrogen (secondary N) is 1. The predicted octanol–water partition coefficient (Wildman–Crippen LogP) is 1.99. The number of aliphatic hydroxyl groups is 1. The molecule has 0 aliphatic carbocycles. The number of ether oxygens (including phenoxy) is 1. The van der Waals surface area contributed by atoms with Crippen LogP contribution in [0.1, 0.15) is 25.7 Å². The van der Waals surface area contributed by atoms with Gasteiger partial charge in [0.2, 0.25) is 29.4 Å². The van der Waals surface area contributed by atoms with Crippen molar-refractivity contribution in [1.82, 2.24) is 10.3 Å². The third kappa shape index (κ3) is 6.06. The molecule has 0 spiro atoms. The van der Waals surface area contributed by atoms with Crippen LogP contribution in [0.5, 0.6) is 5.75 Å². The minimum atomic E-state index is -5.25. The number of rotatable bonds is 11. The van der Waals surface area contributed by atoms with Gasteiger partial charge >= 0.3 is 7.60 Å². The molecule has 0 aliphatic rings. The van der Waals surface area contributed by atoms with Crippen molar-refractivity contribution in [2.24, 2.45) is 7.05 Å². The van der Waals surface area contributed by atoms with Crippen molar-refractivity contribution in [2.45, 2.75) is 30.8 Å². The minimum absolute atomic E-state index is 0.0151. The van der Waals surface area contributed by atoms with Gasteiger partial charge in [-0.25, -0.2) is 4.98 Å². The maximum absolute atomic E-state index is 12.1. The van der Waals surface area contributed by atoms with Crippen LogP contribution in [0.3, 0.4) is 0 Å². The van der Waals surface area contributed by atoms with Crippen molar-refractivity contribution < 1.29 is 43.0 Å². The number of carbonyl (C=O) groups is 1. The summed E-state index contributed by atoms with van der Waals surface area (Å²) in [5.41, 5.74) is 3.46. The highest BCUT2D eigenvalue weighted by atomic mass is 31.2. The molecule has 1 aromatic heterocycles. The molecule has 2 unspecified atom stereocenters. The van der Waals surface area contributed by atoms with Crippen molar-refractivity contribution in [2.75, 3.05) is 19.8 Å². The summed E-state index contributed by atoms with van der Waals surface area (Å²) in [5, 5.41) is 9.60. The summed E-state index contributed by atoms with van der Waals surface area (Å²) in [7, 11) is -7.80. The van der Waals surface area contributed by atoms with Gasteiger partial charge in [-0.3, -0.25) is 13.9 Å². The number of hydrogen-bond acceptors (Lipinski definition) is 6. The molecule has 11 nitrogen and oxygen atoms in total. The van der Waals surface area contributed by atoms with E-state index in [9.17, 15) is 33.7 Å². The molecule has 2 aromatic carbocycles. The first-order valence-electron chi connectivity index (χ1n) is 11.0. The van der Waals surface area contributed by atoms with Gasteiger partial charge in [-0.15, -0.1) is 0 Å². The highest BCUT2D eigenvalue weighted by Crippen LogP contribution is 2.69. The third-order valence-electron chi connectivity index (χ3n) is 5.76. The fourth-order valence-corrected chi connectivity index (χ4v) is 6.71. The molecule has 1 heterocycles. The quantitative estimate of drug-likeness (QED) is 0.109. The summed E-state index contributed by atoms with van der Waals surface area (Å²) in [6.07, 6.45) is -0.168. The molecule has 0 saturated heterocycles. The summed E-state index contributed by atoms with van der Waals surface area (Å²) in [6, 6.07) is 13.4. The molecule has 3 aromatic rings. The van der Waals surface area contributed by atoms with E-state index in [1.807, 2.05) is 54.1 Å². The lowest BCUT2D eigenvalue weighted by Crippen LogP contribution is -2.31. The first-order valence-corrected chi connectivity index (χ1v) is 14.7. The lowest BCUT2D eigenvalue weighted by atomic mass is 10.2. The monoisotopic (exact) mass is 526 g/mol. The number of aromatic nitrogens is 2. The molecule has 0 fully saturated rings. The Bertz CT molecular complexity index is 1300. The highest BCUT2D eigenvalue weighted by molar-refractivity contribution is 7.74. The van der Waals surface area contributed by atoms with Gasteiger partial charge in [0.15, 0.2) is 11.3 Å². The Morgan fingerprint density at radius 3 is 2.46 bits per heavy atom. The SMILES string of the molecule is C[n+]1c2ccccc2nc2c(OCCCC(=O)NCCCC(O)(P(C)(=O)O)P(=O)(O)O)cccc21. The van der Waals surface area contributed by atoms with Crippen molar-refractivity contribution in [1.29, 1.82) is 0 Å². The average molecular weight is 526 g/mol. The largest absolute Gasteiger partial charge is 0.491 e. The number of fused-ring (bicyclic) bond motifs is 2. The number of hydrogen-bond donors (Lipinski definition) is 5. The summed E-state index contributed by atoms with van der Waals surface area (Å²) in [4.78, 5) is 44.9. The summed E-state index contributed by atoms with van der Waals surface area (Å²) in [5.74, 6) is 0.291. The zero-order valence-corrected chi connectivity index (χ0v) is 21.3. The van der Waals surface area contributed by atoms with E-state index in [1.165, 1.54) is 0 Å². The number of amides is 1. The summed E-state index contributed by atoms with van der Waals surface area (Å²) in [6.45, 7) is 0.948. The molecule has 190 valence electrons. The Labute approximate surface area is 202 Å². The van der Waals surface area contributed by atoms with Gasteiger partial charge in [-0.2, -0.15) is 4.57 Å². The van der Waals surface area contributed by atoms with Crippen molar-refractivity contribution >= 4 is 42.9 Å². The van der Waals surface area contributed by atoms with E-state index < -0.39 is 26.5 Å². The normalized spacial score (nSPS) is 15.5. The van der Waals surface area contributed by atoms with E-state index >= 15 is 0 Å². The lowest BCUT2D eigenvalue weighted by Gasteiger charge is -2.30. The molecule has 1 amide bonds. The van der Waals surface area contributed by atoms with E-state index in [-0.39, 0.29) is 31.9 Å². The van der Waals surface area contributed by atoms with Crippen molar-refractivity contribution in [3.05, 3.63) is 42.5 Å². The Morgan fingerprint density at radius 2 is 1.77 bits per heavy atom. The average Bonchev–Trinajstić information content (AvgIpc) is 2.78. The predicted molar refractivity (Wildman–Crippen MR) is 130 cm³/mol. The number of nitrogens with zero attached hydrogens (tertiary/aromatic N) is 2. The Kier molecular flexibility index (Phi) is 8.32. The lowest BCUT2D eigenvalue weighted by molar-refractivity contribution is -0.618. The molecule has 2 atom stereocenters. The molecule has 5 N–H and O–H groups in total. The second kappa shape index (κ2) is 10.7. The molecule has 35 heavy (non-hydrogen) atoms. The fraction of sp³-hybridized carbons (Fsp3) is 0.409. The Balaban J connectivity index is 1.50. The van der Waals surface area contributed by atoms with E-state index in [4.69, 9.17) is 9.72 Å². The van der Waals surface area contributed by atoms with Crippen LogP contribution in [-0.2, 0) is 21.0 Å². The van der Waals surface area contributed by atoms with Crippen molar-refractivity contribution in [3.8, 4) is 5.75 Å². The van der Waals surface area contributed by atoms with Gasteiger partial charge in [-0.05, 0) is 31.4 Å². The summed E-state index contributed by atoms with van der Waals surface area (Å²) < 4.78 is 31.2. The second-order valence-corrected chi connectivity index (χ2v) is 13.1. The van der Waals surface area contributed by atoms with E-state index in [0.717, 1.165) is 16.6 Å². The van der Waals surface area contributed by atoms with E-state index in [2.05, 4.69) is 5.32 Å². The molecule has 0 saturated carbocycles. The van der Waals surface area contributed by atoms with E-state index in [0.29, 0.717) is 24.4 Å². The fourth-order valence-electron chi connectivity index (χ4n) is 3.75. The maximum Gasteiger partial charge on any atom is 0.366 e. The van der Waals surface area contributed by atoms with Crippen LogP contribution >= 0.6 is 15.0 Å². The Morgan fingerprint density at radius 1 is 1.09 bits per heavy atom. The number of aryl methyl sites for hydroxylation is 1. The van der Waals surface area contributed by atoms with Gasteiger partial charge in [0.1, 0.15) is 12.6 Å². The molecule has 3 rings (SSSR count). The number of benzene rings is 2. The summed E-state index contributed by atoms with van der Waals surface area (Å²) >= 11 is 0. The maximum atomic E-state index is 12.1. The van der Waals surface area contributed by atoms with Crippen LogP contribution in [0.15, 0.2) is 42.5 Å². The second-order valence-electron chi connectivity index (χ2n) is 8.39. The van der Waals surface area contributed by atoms with Crippen LogP contribution < -0.4 is 14.6 Å². The molecule has 0 bridgehead atoms. The molecule has 0 aliphatic heterocycles. The minimum Gasteiger partial charge on any atom is -0.491 e. The zero-order chi connectivity index (χ0) is 25.9. The third-order valence-corrected chi connectivity index (χ3v) is 10.4. The standard InChI is InChI=1S/C22H29N3O8P2/c1-25-17-9-4-3-8-16(17)24-21-18(25)10-5-11-19(21)33-15-6-12-20(26)23-14-7-13-22(27,34(2,28)29)35(30,31)32/h3-5,8-11,27H,6-7,12-15H2,1-2H3,(H3-,23,26,28,29,30,31,32)/p+1. The van der Waals surface area contributed by atoms with Crippen LogP contribution in [0, 0.1) is 0 Å². The first kappa shape index (κ1) is 27.2.